The van der Waals surface area contributed by atoms with Crippen molar-refractivity contribution in [2.24, 2.45) is 0 Å². The summed E-state index contributed by atoms with van der Waals surface area (Å²) in [6, 6.07) is 17.1. The van der Waals surface area contributed by atoms with E-state index in [4.69, 9.17) is 9.47 Å². The van der Waals surface area contributed by atoms with Crippen LogP contribution in [0.25, 0.3) is 11.1 Å². The molecule has 1 aromatic heterocycles. The van der Waals surface area contributed by atoms with Gasteiger partial charge in [-0.2, -0.15) is 5.26 Å². The average molecular weight is 425 g/mol. The Balaban J connectivity index is 2.03. The van der Waals surface area contributed by atoms with Crippen molar-refractivity contribution in [1.29, 1.82) is 5.26 Å². The van der Waals surface area contributed by atoms with Crippen LogP contribution in [0.5, 0.6) is 11.5 Å². The number of nitriles is 1. The summed E-state index contributed by atoms with van der Waals surface area (Å²) in [6.45, 7) is 2.17. The third-order valence-corrected chi connectivity index (χ3v) is 4.64. The smallest absolute Gasteiger partial charge is 0.266 e. The van der Waals surface area contributed by atoms with Gasteiger partial charge in [0.25, 0.3) is 5.56 Å². The number of nitrogens with one attached hydrogen (secondary N) is 1. The SMILES string of the molecule is COc1cc(-c2cc(C)[nH]c(=O)c2C#N)cc(Br)c1OCc1ccccc1. The molecule has 3 rings (SSSR count). The summed E-state index contributed by atoms with van der Waals surface area (Å²) in [6.07, 6.45) is 0. The van der Waals surface area contributed by atoms with E-state index in [1.807, 2.05) is 42.5 Å². The lowest BCUT2D eigenvalue weighted by molar-refractivity contribution is 0.282. The van der Waals surface area contributed by atoms with E-state index in [0.717, 1.165) is 5.56 Å². The second-order valence-electron chi connectivity index (χ2n) is 5.95. The maximum absolute atomic E-state index is 12.1. The van der Waals surface area contributed by atoms with Crippen LogP contribution in [-0.4, -0.2) is 12.1 Å². The zero-order valence-electron chi connectivity index (χ0n) is 14.9. The number of methoxy groups -OCH3 is 1. The number of nitrogens with zero attached hydrogens (tertiary/aromatic N) is 1. The first-order chi connectivity index (χ1) is 13.0. The minimum absolute atomic E-state index is 0.0625. The Bertz CT molecular complexity index is 1070. The third-order valence-electron chi connectivity index (χ3n) is 4.05. The van der Waals surface area contributed by atoms with Crippen LogP contribution in [-0.2, 0) is 6.61 Å². The molecule has 2 aromatic carbocycles. The van der Waals surface area contributed by atoms with Crippen molar-refractivity contribution < 1.29 is 9.47 Å². The molecule has 27 heavy (non-hydrogen) atoms. The molecular formula is C21H17BrN2O3. The van der Waals surface area contributed by atoms with Crippen LogP contribution in [0.4, 0.5) is 0 Å². The average Bonchev–Trinajstić information content (AvgIpc) is 2.66. The van der Waals surface area contributed by atoms with Crippen LogP contribution in [0.15, 0.2) is 57.8 Å². The summed E-state index contributed by atoms with van der Waals surface area (Å²) in [7, 11) is 1.55. The van der Waals surface area contributed by atoms with E-state index in [9.17, 15) is 10.1 Å². The zero-order chi connectivity index (χ0) is 19.4. The van der Waals surface area contributed by atoms with Crippen molar-refractivity contribution in [3.05, 3.63) is 80.2 Å². The van der Waals surface area contributed by atoms with Gasteiger partial charge in [-0.1, -0.05) is 30.3 Å². The predicted molar refractivity (Wildman–Crippen MR) is 107 cm³/mol. The van der Waals surface area contributed by atoms with Crippen molar-refractivity contribution in [3.63, 3.8) is 0 Å². The molecule has 6 heteroatoms. The number of hydrogen-bond donors (Lipinski definition) is 1. The van der Waals surface area contributed by atoms with Gasteiger partial charge in [-0.05, 0) is 52.2 Å². The van der Waals surface area contributed by atoms with Gasteiger partial charge >= 0.3 is 0 Å². The van der Waals surface area contributed by atoms with Crippen LogP contribution in [0.2, 0.25) is 0 Å². The second kappa shape index (κ2) is 8.11. The number of benzene rings is 2. The third kappa shape index (κ3) is 4.04. The van der Waals surface area contributed by atoms with Gasteiger partial charge in [-0.25, -0.2) is 0 Å². The summed E-state index contributed by atoms with van der Waals surface area (Å²) < 4.78 is 12.1. The highest BCUT2D eigenvalue weighted by Crippen LogP contribution is 2.40. The monoisotopic (exact) mass is 424 g/mol. The molecule has 0 aliphatic rings. The summed E-state index contributed by atoms with van der Waals surface area (Å²) >= 11 is 3.52. The van der Waals surface area contributed by atoms with Gasteiger partial charge in [0.05, 0.1) is 11.6 Å². The van der Waals surface area contributed by atoms with Gasteiger partial charge in [0.15, 0.2) is 11.5 Å². The summed E-state index contributed by atoms with van der Waals surface area (Å²) in [4.78, 5) is 14.7. The number of H-pyrrole nitrogens is 1. The topological polar surface area (TPSA) is 75.1 Å². The second-order valence-corrected chi connectivity index (χ2v) is 6.80. The quantitative estimate of drug-likeness (QED) is 0.650. The van der Waals surface area contributed by atoms with Gasteiger partial charge in [-0.15, -0.1) is 0 Å². The Labute approximate surface area is 165 Å². The fraction of sp³-hybridized carbons (Fsp3) is 0.143. The number of hydrogen-bond acceptors (Lipinski definition) is 4. The predicted octanol–water partition coefficient (Wildman–Crippen LogP) is 4.57. The van der Waals surface area contributed by atoms with E-state index in [1.165, 1.54) is 0 Å². The molecular weight excluding hydrogens is 408 g/mol. The largest absolute Gasteiger partial charge is 0.493 e. The Kier molecular flexibility index (Phi) is 5.63. The first kappa shape index (κ1) is 18.7. The van der Waals surface area contributed by atoms with Crippen LogP contribution >= 0.6 is 15.9 Å². The van der Waals surface area contributed by atoms with E-state index >= 15 is 0 Å². The van der Waals surface area contributed by atoms with Crippen molar-refractivity contribution in [3.8, 4) is 28.7 Å². The van der Waals surface area contributed by atoms with Crippen LogP contribution in [0.1, 0.15) is 16.8 Å². The first-order valence-corrected chi connectivity index (χ1v) is 9.01. The minimum atomic E-state index is -0.410. The lowest BCUT2D eigenvalue weighted by Gasteiger charge is -2.15. The lowest BCUT2D eigenvalue weighted by Crippen LogP contribution is -2.12. The molecule has 0 aliphatic carbocycles. The molecule has 136 valence electrons. The molecule has 0 unspecified atom stereocenters. The minimum Gasteiger partial charge on any atom is -0.493 e. The van der Waals surface area contributed by atoms with Crippen molar-refractivity contribution in [2.75, 3.05) is 7.11 Å². The van der Waals surface area contributed by atoms with Crippen LogP contribution < -0.4 is 15.0 Å². The van der Waals surface area contributed by atoms with Crippen molar-refractivity contribution in [1.82, 2.24) is 4.98 Å². The van der Waals surface area contributed by atoms with E-state index in [1.54, 1.807) is 26.2 Å². The highest BCUT2D eigenvalue weighted by atomic mass is 79.9. The van der Waals surface area contributed by atoms with E-state index < -0.39 is 5.56 Å². The number of aromatic nitrogens is 1. The first-order valence-electron chi connectivity index (χ1n) is 8.22. The fourth-order valence-electron chi connectivity index (χ4n) is 2.77. The van der Waals surface area contributed by atoms with Crippen molar-refractivity contribution in [2.45, 2.75) is 13.5 Å². The number of rotatable bonds is 5. The molecule has 0 radical (unpaired) electrons. The summed E-state index contributed by atoms with van der Waals surface area (Å²) in [5, 5.41) is 9.37. The lowest BCUT2D eigenvalue weighted by atomic mass is 10.0. The molecule has 5 nitrogen and oxygen atoms in total. The van der Waals surface area contributed by atoms with Gasteiger partial charge in [0.2, 0.25) is 0 Å². The molecule has 1 N–H and O–H groups in total. The molecule has 0 fully saturated rings. The highest BCUT2D eigenvalue weighted by molar-refractivity contribution is 9.10. The van der Waals surface area contributed by atoms with Crippen LogP contribution in [0, 0.1) is 18.3 Å². The molecule has 3 aromatic rings. The van der Waals surface area contributed by atoms with Gasteiger partial charge < -0.3 is 14.5 Å². The standard InChI is InChI=1S/C21H17BrN2O3/c1-13-8-16(17(11-23)21(25)24-13)15-9-18(22)20(19(10-15)26-2)27-12-14-6-4-3-5-7-14/h3-10H,12H2,1-2H3,(H,24,25). The van der Waals surface area contributed by atoms with Gasteiger partial charge in [-0.3, -0.25) is 4.79 Å². The molecule has 0 bridgehead atoms. The number of aromatic amines is 1. The zero-order valence-corrected chi connectivity index (χ0v) is 16.5. The van der Waals surface area contributed by atoms with Crippen molar-refractivity contribution >= 4 is 15.9 Å². The molecule has 0 aliphatic heterocycles. The number of halogens is 1. The Morgan fingerprint density at radius 1 is 1.19 bits per heavy atom. The highest BCUT2D eigenvalue weighted by Gasteiger charge is 2.16. The summed E-state index contributed by atoms with van der Waals surface area (Å²) in [5.41, 5.74) is 2.60. The molecule has 0 atom stereocenters. The molecule has 0 saturated carbocycles. The van der Waals surface area contributed by atoms with Gasteiger partial charge in [0, 0.05) is 11.3 Å². The molecule has 0 spiro atoms. The fourth-order valence-corrected chi connectivity index (χ4v) is 3.33. The molecule has 0 amide bonds. The van der Waals surface area contributed by atoms with E-state index in [-0.39, 0.29) is 5.56 Å². The van der Waals surface area contributed by atoms with Gasteiger partial charge in [0.1, 0.15) is 18.2 Å². The Morgan fingerprint density at radius 3 is 2.59 bits per heavy atom. The normalized spacial score (nSPS) is 10.3. The number of ether oxygens (including phenoxy) is 2. The maximum atomic E-state index is 12.1. The molecule has 0 saturated heterocycles. The molecule has 1 heterocycles. The maximum Gasteiger partial charge on any atom is 0.266 e. The van der Waals surface area contributed by atoms with Crippen LogP contribution in [0.3, 0.4) is 0 Å². The summed E-state index contributed by atoms with van der Waals surface area (Å²) in [5.74, 6) is 1.07. The number of aryl methyl sites for hydroxylation is 1. The Hall–Kier alpha value is -3.04. The van der Waals surface area contributed by atoms with E-state index in [2.05, 4.69) is 20.9 Å². The van der Waals surface area contributed by atoms with E-state index in [0.29, 0.717) is 39.4 Å². The number of pyridine rings is 1. The Morgan fingerprint density at radius 2 is 1.93 bits per heavy atom.